The third-order valence-electron chi connectivity index (χ3n) is 2.43. The fraction of sp³-hybridized carbons (Fsp3) is 0.333. The van der Waals surface area contributed by atoms with Crippen molar-refractivity contribution in [2.75, 3.05) is 18.7 Å². The Morgan fingerprint density at radius 1 is 1.00 bits per heavy atom. The van der Waals surface area contributed by atoms with Crippen molar-refractivity contribution in [3.63, 3.8) is 0 Å². The highest BCUT2D eigenvalue weighted by atomic mass is 28.3. The first-order valence-electron chi connectivity index (χ1n) is 5.08. The molecule has 0 aliphatic carbocycles. The molecule has 0 atom stereocenters. The van der Waals surface area contributed by atoms with Crippen molar-refractivity contribution in [3.8, 4) is 11.5 Å². The maximum Gasteiger partial charge on any atom is 0.216 e. The first-order valence-corrected chi connectivity index (χ1v) is 7.70. The van der Waals surface area contributed by atoms with Gasteiger partial charge in [0.2, 0.25) is 8.07 Å². The van der Waals surface area contributed by atoms with Crippen molar-refractivity contribution in [2.24, 2.45) is 0 Å². The minimum Gasteiger partial charge on any atom is -0.398 e. The van der Waals surface area contributed by atoms with Crippen molar-refractivity contribution in [3.05, 3.63) is 35.4 Å². The van der Waals surface area contributed by atoms with Crippen LogP contribution in [-0.2, 0) is 0 Å². The molecule has 3 N–H and O–H groups in total. The number of aliphatic hydroxyl groups excluding tert-OH is 3. The fourth-order valence-corrected chi connectivity index (χ4v) is 2.06. The summed E-state index contributed by atoms with van der Waals surface area (Å²) in [7, 11) is -2.61. The number of aliphatic hydroxyl groups is 3. The third kappa shape index (κ3) is 3.19. The highest BCUT2D eigenvalue weighted by Crippen LogP contribution is 2.03. The van der Waals surface area contributed by atoms with Gasteiger partial charge in [-0.3, -0.25) is 0 Å². The summed E-state index contributed by atoms with van der Waals surface area (Å²) >= 11 is 0. The molecule has 0 saturated carbocycles. The smallest absolute Gasteiger partial charge is 0.216 e. The van der Waals surface area contributed by atoms with Gasteiger partial charge in [-0.05, 0) is 19.1 Å². The Hall–Kier alpha value is -1.12. The maximum atomic E-state index is 9.14. The lowest BCUT2D eigenvalue weighted by molar-refractivity contribution is 0.293. The first-order chi connectivity index (χ1) is 7.65. The zero-order valence-electron chi connectivity index (χ0n) is 9.27. The van der Waals surface area contributed by atoms with E-state index in [-0.39, 0.29) is 18.7 Å². The van der Waals surface area contributed by atoms with Crippen LogP contribution in [0.4, 0.5) is 0 Å². The predicted molar refractivity (Wildman–Crippen MR) is 65.1 cm³/mol. The van der Waals surface area contributed by atoms with E-state index in [1.807, 2.05) is 31.2 Å². The van der Waals surface area contributed by atoms with Crippen molar-refractivity contribution in [1.29, 1.82) is 0 Å². The fourth-order valence-electron chi connectivity index (χ4n) is 1.11. The standard InChI is InChI=1S/C12H16O3Si/c1-11-2-4-12(5-3-11)6-7-16(8-13,9-14)10-15/h2-5,13-15H,8-10H2,1H3. The molecular weight excluding hydrogens is 220 g/mol. The van der Waals surface area contributed by atoms with E-state index in [1.165, 1.54) is 0 Å². The molecular formula is C12H16O3Si. The second kappa shape index (κ2) is 5.82. The average Bonchev–Trinajstić information content (AvgIpc) is 2.34. The summed E-state index contributed by atoms with van der Waals surface area (Å²) in [5.74, 6) is 2.90. The monoisotopic (exact) mass is 236 g/mol. The Labute approximate surface area is 96.4 Å². The summed E-state index contributed by atoms with van der Waals surface area (Å²) in [6.07, 6.45) is -0.670. The van der Waals surface area contributed by atoms with Gasteiger partial charge in [0.1, 0.15) is 0 Å². The van der Waals surface area contributed by atoms with E-state index in [1.54, 1.807) is 0 Å². The molecule has 0 aromatic heterocycles. The molecule has 0 unspecified atom stereocenters. The molecule has 0 saturated heterocycles. The lowest BCUT2D eigenvalue weighted by Crippen LogP contribution is -2.47. The van der Waals surface area contributed by atoms with Crippen LogP contribution in [0.5, 0.6) is 0 Å². The minimum absolute atomic E-state index is 0.223. The molecule has 0 spiro atoms. The second-order valence-electron chi connectivity index (χ2n) is 3.87. The number of benzene rings is 1. The maximum absolute atomic E-state index is 9.14. The van der Waals surface area contributed by atoms with Crippen LogP contribution in [-0.4, -0.2) is 42.1 Å². The van der Waals surface area contributed by atoms with Crippen LogP contribution in [0.1, 0.15) is 11.1 Å². The van der Waals surface area contributed by atoms with Crippen LogP contribution < -0.4 is 0 Å². The Kier molecular flexibility index (Phi) is 4.71. The number of hydrogen-bond acceptors (Lipinski definition) is 3. The van der Waals surface area contributed by atoms with Gasteiger partial charge < -0.3 is 15.3 Å². The molecule has 0 fully saturated rings. The lowest BCUT2D eigenvalue weighted by atomic mass is 10.2. The highest BCUT2D eigenvalue weighted by molar-refractivity contribution is 6.87. The minimum atomic E-state index is -2.61. The lowest BCUT2D eigenvalue weighted by Gasteiger charge is -2.16. The Balaban J connectivity index is 2.90. The van der Waals surface area contributed by atoms with Crippen molar-refractivity contribution in [2.45, 2.75) is 6.92 Å². The van der Waals surface area contributed by atoms with E-state index >= 15 is 0 Å². The van der Waals surface area contributed by atoms with Crippen molar-refractivity contribution < 1.29 is 15.3 Å². The van der Waals surface area contributed by atoms with Gasteiger partial charge in [0.15, 0.2) is 0 Å². The van der Waals surface area contributed by atoms with Gasteiger partial charge in [-0.25, -0.2) is 0 Å². The molecule has 3 nitrogen and oxygen atoms in total. The third-order valence-corrected chi connectivity index (χ3v) is 4.90. The van der Waals surface area contributed by atoms with Crippen LogP contribution in [0.15, 0.2) is 24.3 Å². The molecule has 1 aromatic carbocycles. The quantitative estimate of drug-likeness (QED) is 0.508. The Morgan fingerprint density at radius 3 is 1.94 bits per heavy atom. The van der Waals surface area contributed by atoms with Crippen molar-refractivity contribution in [1.82, 2.24) is 0 Å². The molecule has 0 aliphatic rings. The van der Waals surface area contributed by atoms with E-state index < -0.39 is 8.07 Å². The van der Waals surface area contributed by atoms with E-state index in [9.17, 15) is 0 Å². The zero-order chi connectivity index (χ0) is 12.0. The SMILES string of the molecule is Cc1ccc(C#C[Si](CO)(CO)CO)cc1. The van der Waals surface area contributed by atoms with Gasteiger partial charge in [0.05, 0.1) is 18.7 Å². The first kappa shape index (κ1) is 12.9. The van der Waals surface area contributed by atoms with Crippen LogP contribution >= 0.6 is 0 Å². The summed E-state index contributed by atoms with van der Waals surface area (Å²) in [4.78, 5) is 0. The molecule has 4 heteroatoms. The normalized spacial score (nSPS) is 10.8. The molecule has 1 rings (SSSR count). The van der Waals surface area contributed by atoms with Gasteiger partial charge in [0, 0.05) is 5.56 Å². The summed E-state index contributed by atoms with van der Waals surface area (Å²) in [6, 6.07) is 7.66. The Bertz CT molecular complexity index is 377. The molecule has 0 aliphatic heterocycles. The van der Waals surface area contributed by atoms with Gasteiger partial charge in [-0.2, -0.15) is 0 Å². The van der Waals surface area contributed by atoms with Gasteiger partial charge in [-0.15, -0.1) is 5.54 Å². The van der Waals surface area contributed by atoms with Crippen LogP contribution in [0, 0.1) is 18.4 Å². The molecule has 0 heterocycles. The summed E-state index contributed by atoms with van der Waals surface area (Å²) < 4.78 is 0. The van der Waals surface area contributed by atoms with Crippen molar-refractivity contribution >= 4 is 8.07 Å². The zero-order valence-corrected chi connectivity index (χ0v) is 10.3. The van der Waals surface area contributed by atoms with Gasteiger partial charge >= 0.3 is 0 Å². The highest BCUT2D eigenvalue weighted by Gasteiger charge is 2.29. The second-order valence-corrected chi connectivity index (χ2v) is 7.63. The number of rotatable bonds is 3. The van der Waals surface area contributed by atoms with Gasteiger partial charge in [-0.1, -0.05) is 23.6 Å². The molecule has 0 radical (unpaired) electrons. The van der Waals surface area contributed by atoms with Crippen LogP contribution in [0.25, 0.3) is 0 Å². The largest absolute Gasteiger partial charge is 0.398 e. The number of aryl methyl sites for hydroxylation is 1. The topological polar surface area (TPSA) is 60.7 Å². The van der Waals surface area contributed by atoms with E-state index in [0.29, 0.717) is 0 Å². The average molecular weight is 236 g/mol. The van der Waals surface area contributed by atoms with Crippen LogP contribution in [0.2, 0.25) is 0 Å². The van der Waals surface area contributed by atoms with E-state index in [2.05, 4.69) is 11.5 Å². The summed E-state index contributed by atoms with van der Waals surface area (Å²) in [6.45, 7) is 1.99. The number of hydrogen-bond donors (Lipinski definition) is 3. The van der Waals surface area contributed by atoms with E-state index in [0.717, 1.165) is 11.1 Å². The summed E-state index contributed by atoms with van der Waals surface area (Å²) in [5.41, 5.74) is 4.84. The van der Waals surface area contributed by atoms with E-state index in [4.69, 9.17) is 15.3 Å². The molecule has 1 aromatic rings. The van der Waals surface area contributed by atoms with Gasteiger partial charge in [0.25, 0.3) is 0 Å². The molecule has 0 bridgehead atoms. The molecule has 86 valence electrons. The molecule has 0 amide bonds. The van der Waals surface area contributed by atoms with Crippen LogP contribution in [0.3, 0.4) is 0 Å². The molecule has 16 heavy (non-hydrogen) atoms. The predicted octanol–water partition coefficient (Wildman–Crippen LogP) is -0.0710. The Morgan fingerprint density at radius 2 is 1.50 bits per heavy atom. The summed E-state index contributed by atoms with van der Waals surface area (Å²) in [5, 5.41) is 27.4.